The quantitative estimate of drug-likeness (QED) is 0.510. The number of hydrogen-bond acceptors (Lipinski definition) is 5. The van der Waals surface area contributed by atoms with E-state index in [0.29, 0.717) is 23.0 Å². The van der Waals surface area contributed by atoms with E-state index in [2.05, 4.69) is 19.9 Å². The third-order valence-electron chi connectivity index (χ3n) is 5.67. The molecule has 0 radical (unpaired) electrons. The Morgan fingerprint density at radius 3 is 2.81 bits per heavy atom. The molecule has 0 saturated heterocycles. The van der Waals surface area contributed by atoms with Gasteiger partial charge in [0, 0.05) is 41.0 Å². The van der Waals surface area contributed by atoms with Crippen molar-refractivity contribution < 1.29 is 9.53 Å². The van der Waals surface area contributed by atoms with Crippen LogP contribution < -0.4 is 10.1 Å². The number of carbonyl (C=O) groups excluding carboxylic acids is 1. The predicted molar refractivity (Wildman–Crippen MR) is 126 cm³/mol. The molecule has 0 amide bonds. The maximum absolute atomic E-state index is 12.3. The lowest BCUT2D eigenvalue weighted by atomic mass is 10.0. The van der Waals surface area contributed by atoms with E-state index in [-0.39, 0.29) is 11.7 Å². The molecule has 6 nitrogen and oxygen atoms in total. The van der Waals surface area contributed by atoms with Gasteiger partial charge >= 0.3 is 0 Å². The first kappa shape index (κ1) is 20.5. The average Bonchev–Trinajstić information content (AvgIpc) is 3.60. The van der Waals surface area contributed by atoms with Crippen LogP contribution >= 0.6 is 11.6 Å². The highest BCUT2D eigenvalue weighted by molar-refractivity contribution is 6.31. The molecule has 0 spiro atoms. The number of para-hydroxylation sites is 1. The number of aromatic nitrogens is 3. The Bertz CT molecular complexity index is 1250. The minimum atomic E-state index is 0.134. The van der Waals surface area contributed by atoms with Gasteiger partial charge in [-0.15, -0.1) is 0 Å². The summed E-state index contributed by atoms with van der Waals surface area (Å²) in [5, 5.41) is 4.10. The number of nitrogens with zero attached hydrogens (tertiary/aromatic N) is 3. The van der Waals surface area contributed by atoms with Crippen LogP contribution in [-0.4, -0.2) is 27.4 Å². The first-order valence-corrected chi connectivity index (χ1v) is 11.0. The van der Waals surface area contributed by atoms with Crippen molar-refractivity contribution in [3.05, 3.63) is 77.1 Å². The molecule has 0 bridgehead atoms. The molecule has 1 aliphatic carbocycles. The monoisotopic (exact) mass is 446 g/mol. The smallest absolute Gasteiger partial charge is 0.184 e. The topological polar surface area (TPSA) is 69.0 Å². The molecule has 0 unspecified atom stereocenters. The zero-order valence-electron chi connectivity index (χ0n) is 17.9. The fourth-order valence-corrected chi connectivity index (χ4v) is 4.10. The first-order chi connectivity index (χ1) is 15.5. The van der Waals surface area contributed by atoms with Crippen LogP contribution in [0.15, 0.2) is 59.9 Å². The minimum Gasteiger partial charge on any atom is -0.494 e. The van der Waals surface area contributed by atoms with Gasteiger partial charge in [-0.1, -0.05) is 29.8 Å². The molecule has 3 aromatic rings. The van der Waals surface area contributed by atoms with E-state index in [1.54, 1.807) is 19.4 Å². The lowest BCUT2D eigenvalue weighted by Gasteiger charge is -2.17. The minimum absolute atomic E-state index is 0.134. The van der Waals surface area contributed by atoms with Gasteiger partial charge < -0.3 is 14.6 Å². The summed E-state index contributed by atoms with van der Waals surface area (Å²) >= 11 is 6.37. The van der Waals surface area contributed by atoms with Crippen molar-refractivity contribution in [2.45, 2.75) is 26.3 Å². The third kappa shape index (κ3) is 3.94. The van der Waals surface area contributed by atoms with Crippen molar-refractivity contribution >= 4 is 28.8 Å². The third-order valence-corrected chi connectivity index (χ3v) is 5.93. The number of hydrogen-bond donors (Lipinski definition) is 1. The Hall–Kier alpha value is -3.38. The number of benzene rings is 1. The predicted octanol–water partition coefficient (Wildman–Crippen LogP) is 5.44. The van der Waals surface area contributed by atoms with E-state index < -0.39 is 0 Å². The van der Waals surface area contributed by atoms with Crippen molar-refractivity contribution in [1.29, 1.82) is 0 Å². The number of anilines is 1. The van der Waals surface area contributed by atoms with Crippen LogP contribution in [0.3, 0.4) is 0 Å². The van der Waals surface area contributed by atoms with Gasteiger partial charge in [0.05, 0.1) is 24.2 Å². The Labute approximate surface area is 191 Å². The number of pyridine rings is 1. The SMILES string of the molecule is COc1c(NC2=CC(Cl)=CCn3cc(C)nc32)cccc1-c1ccc(C(=O)C2CC2)nc1. The number of ketones is 1. The van der Waals surface area contributed by atoms with Crippen molar-refractivity contribution in [1.82, 2.24) is 14.5 Å². The summed E-state index contributed by atoms with van der Waals surface area (Å²) in [5.41, 5.74) is 4.79. The number of rotatable bonds is 6. The Morgan fingerprint density at radius 1 is 1.25 bits per heavy atom. The molecule has 1 aromatic carbocycles. The normalized spacial score (nSPS) is 15.3. The van der Waals surface area contributed by atoms with Crippen LogP contribution in [0.25, 0.3) is 16.8 Å². The number of nitrogens with one attached hydrogen (secondary N) is 1. The lowest BCUT2D eigenvalue weighted by Crippen LogP contribution is -2.07. The maximum Gasteiger partial charge on any atom is 0.184 e. The van der Waals surface area contributed by atoms with Crippen LogP contribution in [0, 0.1) is 12.8 Å². The molecule has 2 aromatic heterocycles. The van der Waals surface area contributed by atoms with Gasteiger partial charge in [-0.25, -0.2) is 4.98 Å². The number of Topliss-reactive ketones (excluding diaryl/α,β-unsaturated/α-hetero) is 1. The van der Waals surface area contributed by atoms with Gasteiger partial charge in [-0.2, -0.15) is 0 Å². The van der Waals surface area contributed by atoms with Crippen molar-refractivity contribution in [2.75, 3.05) is 12.4 Å². The number of carbonyl (C=O) groups is 1. The van der Waals surface area contributed by atoms with Crippen LogP contribution in [0.5, 0.6) is 5.75 Å². The molecule has 7 heteroatoms. The van der Waals surface area contributed by atoms with E-state index in [9.17, 15) is 4.79 Å². The number of ether oxygens (including phenoxy) is 1. The molecule has 1 fully saturated rings. The van der Waals surface area contributed by atoms with E-state index in [1.807, 2.05) is 49.5 Å². The molecule has 162 valence electrons. The van der Waals surface area contributed by atoms with Crippen LogP contribution in [0.4, 0.5) is 5.69 Å². The Balaban J connectivity index is 1.49. The lowest BCUT2D eigenvalue weighted by molar-refractivity contribution is 0.0963. The summed E-state index contributed by atoms with van der Waals surface area (Å²) in [6.45, 7) is 2.63. The van der Waals surface area contributed by atoms with E-state index in [4.69, 9.17) is 16.3 Å². The molecular weight excluding hydrogens is 424 g/mol. The van der Waals surface area contributed by atoms with E-state index in [0.717, 1.165) is 46.9 Å². The number of aryl methyl sites for hydroxylation is 1. The standard InChI is InChI=1S/C25H23ClN4O2/c1-15-14-30-11-10-18(26)12-22(25(30)28-15)29-21-5-3-4-19(24(21)32-2)17-8-9-20(27-13-17)23(31)16-6-7-16/h3-5,8-10,12-14,16,29H,6-7,11H2,1-2H3. The average molecular weight is 447 g/mol. The van der Waals surface area contributed by atoms with Gasteiger partial charge in [0.25, 0.3) is 0 Å². The fraction of sp³-hybridized carbons (Fsp3) is 0.240. The van der Waals surface area contributed by atoms with Crippen LogP contribution in [0.1, 0.15) is 34.8 Å². The Kier molecular flexibility index (Phi) is 5.31. The van der Waals surface area contributed by atoms with Crippen molar-refractivity contribution in [3.8, 4) is 16.9 Å². The van der Waals surface area contributed by atoms with E-state index >= 15 is 0 Å². The number of imidazole rings is 1. The van der Waals surface area contributed by atoms with Crippen molar-refractivity contribution in [3.63, 3.8) is 0 Å². The fourth-order valence-electron chi connectivity index (χ4n) is 3.92. The van der Waals surface area contributed by atoms with Gasteiger partial charge in [0.1, 0.15) is 11.4 Å². The first-order valence-electron chi connectivity index (χ1n) is 10.6. The summed E-state index contributed by atoms with van der Waals surface area (Å²) < 4.78 is 7.85. The maximum atomic E-state index is 12.3. The second-order valence-electron chi connectivity index (χ2n) is 8.09. The number of methoxy groups -OCH3 is 1. The second-order valence-corrected chi connectivity index (χ2v) is 8.52. The molecule has 3 heterocycles. The van der Waals surface area contributed by atoms with Crippen LogP contribution in [0.2, 0.25) is 0 Å². The molecule has 1 N–H and O–H groups in total. The molecule has 1 saturated carbocycles. The summed E-state index contributed by atoms with van der Waals surface area (Å²) in [4.78, 5) is 21.4. The van der Waals surface area contributed by atoms with Gasteiger partial charge in [-0.05, 0) is 44.1 Å². The highest BCUT2D eigenvalue weighted by Crippen LogP contribution is 2.38. The van der Waals surface area contributed by atoms with Gasteiger partial charge in [0.15, 0.2) is 11.6 Å². The van der Waals surface area contributed by atoms with E-state index in [1.165, 1.54) is 0 Å². The van der Waals surface area contributed by atoms with Gasteiger partial charge in [-0.3, -0.25) is 9.78 Å². The largest absolute Gasteiger partial charge is 0.494 e. The summed E-state index contributed by atoms with van der Waals surface area (Å²) in [7, 11) is 1.64. The summed E-state index contributed by atoms with van der Waals surface area (Å²) in [5.74, 6) is 1.78. The van der Waals surface area contributed by atoms with Crippen LogP contribution in [-0.2, 0) is 6.54 Å². The highest BCUT2D eigenvalue weighted by atomic mass is 35.5. The number of fused-ring (bicyclic) bond motifs is 1. The number of allylic oxidation sites excluding steroid dienone is 3. The molecule has 0 atom stereocenters. The zero-order chi connectivity index (χ0) is 22.2. The summed E-state index contributed by atoms with van der Waals surface area (Å²) in [6, 6.07) is 9.60. The van der Waals surface area contributed by atoms with Gasteiger partial charge in [0.2, 0.25) is 0 Å². The molecule has 1 aliphatic heterocycles. The summed E-state index contributed by atoms with van der Waals surface area (Å²) in [6.07, 6.45) is 9.50. The number of halogens is 1. The molecule has 5 rings (SSSR count). The highest BCUT2D eigenvalue weighted by Gasteiger charge is 2.31. The second kappa shape index (κ2) is 8.28. The molecule has 2 aliphatic rings. The molecule has 32 heavy (non-hydrogen) atoms. The van der Waals surface area contributed by atoms with Crippen molar-refractivity contribution in [2.24, 2.45) is 5.92 Å². The zero-order valence-corrected chi connectivity index (χ0v) is 18.7. The molecular formula is C25H23ClN4O2. The Morgan fingerprint density at radius 2 is 2.09 bits per heavy atom.